The summed E-state index contributed by atoms with van der Waals surface area (Å²) >= 11 is 2.98. The first kappa shape index (κ1) is 25.2. The molecule has 3 aromatic carbocycles. The molecule has 0 spiro atoms. The van der Waals surface area contributed by atoms with E-state index >= 15 is 0 Å². The van der Waals surface area contributed by atoms with Crippen LogP contribution in [0.5, 0.6) is 11.5 Å². The molecule has 0 radical (unpaired) electrons. The van der Waals surface area contributed by atoms with Crippen molar-refractivity contribution in [3.63, 3.8) is 0 Å². The van der Waals surface area contributed by atoms with Crippen molar-refractivity contribution in [2.24, 2.45) is 0 Å². The van der Waals surface area contributed by atoms with Gasteiger partial charge in [-0.15, -0.1) is 0 Å². The molecule has 1 heterocycles. The van der Waals surface area contributed by atoms with Crippen molar-refractivity contribution in [1.82, 2.24) is 4.90 Å². The molecule has 0 bridgehead atoms. The largest absolute Gasteiger partial charge is 0.490 e. The number of rotatable bonds is 8. The second kappa shape index (κ2) is 11.2. The summed E-state index contributed by atoms with van der Waals surface area (Å²) in [6.07, 6.45) is 1.64. The van der Waals surface area contributed by atoms with Gasteiger partial charge in [-0.2, -0.15) is 0 Å². The van der Waals surface area contributed by atoms with Gasteiger partial charge in [-0.25, -0.2) is 8.78 Å². The van der Waals surface area contributed by atoms with Gasteiger partial charge in [0.2, 0.25) is 0 Å². The van der Waals surface area contributed by atoms with Crippen molar-refractivity contribution in [1.29, 1.82) is 0 Å². The van der Waals surface area contributed by atoms with Gasteiger partial charge in [0, 0.05) is 0 Å². The van der Waals surface area contributed by atoms with E-state index < -0.39 is 5.91 Å². The Morgan fingerprint density at radius 2 is 1.57 bits per heavy atom. The van der Waals surface area contributed by atoms with Crippen LogP contribution in [-0.2, 0) is 17.9 Å². The van der Waals surface area contributed by atoms with Gasteiger partial charge in [0.05, 0.1) is 21.6 Å². The Morgan fingerprint density at radius 3 is 2.20 bits per heavy atom. The van der Waals surface area contributed by atoms with Gasteiger partial charge in [0.1, 0.15) is 18.2 Å². The van der Waals surface area contributed by atoms with Crippen molar-refractivity contribution < 1.29 is 27.8 Å². The molecular formula is C26H20F2INO4S. The summed E-state index contributed by atoms with van der Waals surface area (Å²) < 4.78 is 38.8. The molecule has 1 aliphatic heterocycles. The third-order valence-corrected chi connectivity index (χ3v) is 6.76. The summed E-state index contributed by atoms with van der Waals surface area (Å²) in [6.45, 7) is 2.56. The summed E-state index contributed by atoms with van der Waals surface area (Å²) in [5.41, 5.74) is 2.15. The molecule has 1 aliphatic rings. The number of hydrogen-bond donors (Lipinski definition) is 0. The van der Waals surface area contributed by atoms with Crippen molar-refractivity contribution >= 4 is 51.6 Å². The minimum Gasteiger partial charge on any atom is -0.490 e. The Morgan fingerprint density at radius 1 is 0.943 bits per heavy atom. The summed E-state index contributed by atoms with van der Waals surface area (Å²) in [5.74, 6) is -0.0667. The van der Waals surface area contributed by atoms with Gasteiger partial charge >= 0.3 is 0 Å². The van der Waals surface area contributed by atoms with Crippen molar-refractivity contribution in [3.05, 3.63) is 97.5 Å². The van der Waals surface area contributed by atoms with E-state index in [4.69, 9.17) is 9.47 Å². The molecule has 3 aromatic rings. The standard InChI is InChI=1S/C26H20F2INO4S/c1-2-33-22-12-18(11-21(29)24(22)34-15-17-5-9-20(28)10-6-17)13-23-25(31)30(26(32)35-23)14-16-3-7-19(27)8-4-16/h3-13H,2,14-15H2,1H3/b23-13-. The number of amides is 2. The molecule has 5 nitrogen and oxygen atoms in total. The highest BCUT2D eigenvalue weighted by atomic mass is 127. The van der Waals surface area contributed by atoms with Gasteiger partial charge in [-0.3, -0.25) is 14.5 Å². The number of ether oxygens (including phenoxy) is 2. The number of hydrogen-bond acceptors (Lipinski definition) is 5. The molecule has 35 heavy (non-hydrogen) atoms. The molecule has 2 amide bonds. The van der Waals surface area contributed by atoms with Crippen LogP contribution in [0.3, 0.4) is 0 Å². The van der Waals surface area contributed by atoms with E-state index in [1.54, 1.807) is 36.4 Å². The predicted molar refractivity (Wildman–Crippen MR) is 139 cm³/mol. The molecule has 9 heteroatoms. The quantitative estimate of drug-likeness (QED) is 0.209. The molecule has 0 unspecified atom stereocenters. The van der Waals surface area contributed by atoms with Crippen LogP contribution in [0.1, 0.15) is 23.6 Å². The monoisotopic (exact) mass is 607 g/mol. The lowest BCUT2D eigenvalue weighted by Crippen LogP contribution is -2.27. The Balaban J connectivity index is 1.54. The van der Waals surface area contributed by atoms with Gasteiger partial charge in [-0.05, 0) is 100 Å². The summed E-state index contributed by atoms with van der Waals surface area (Å²) in [6, 6.07) is 15.3. The number of carbonyl (C=O) groups is 2. The summed E-state index contributed by atoms with van der Waals surface area (Å²) in [5, 5.41) is -0.385. The van der Waals surface area contributed by atoms with Crippen molar-refractivity contribution in [2.75, 3.05) is 6.61 Å². The van der Waals surface area contributed by atoms with Crippen molar-refractivity contribution in [2.45, 2.75) is 20.1 Å². The SMILES string of the molecule is CCOc1cc(/C=C2\SC(=O)N(Cc3ccc(F)cc3)C2=O)cc(I)c1OCc1ccc(F)cc1. The zero-order chi connectivity index (χ0) is 24.9. The third-order valence-electron chi connectivity index (χ3n) is 5.05. The number of imide groups is 1. The molecule has 1 fully saturated rings. The number of nitrogens with zero attached hydrogens (tertiary/aromatic N) is 1. The summed E-state index contributed by atoms with van der Waals surface area (Å²) in [7, 11) is 0. The number of carbonyl (C=O) groups excluding carboxylic acids is 2. The van der Waals surface area contributed by atoms with Gasteiger partial charge in [-0.1, -0.05) is 24.3 Å². The lowest BCUT2D eigenvalue weighted by atomic mass is 10.1. The average Bonchev–Trinajstić information content (AvgIpc) is 3.08. The molecule has 4 rings (SSSR count). The first-order valence-corrected chi connectivity index (χ1v) is 12.6. The van der Waals surface area contributed by atoms with Crippen LogP contribution in [-0.4, -0.2) is 22.7 Å². The fourth-order valence-electron chi connectivity index (χ4n) is 3.37. The smallest absolute Gasteiger partial charge is 0.293 e. The van der Waals surface area contributed by atoms with E-state index in [9.17, 15) is 18.4 Å². The van der Waals surface area contributed by atoms with Crippen LogP contribution in [0.2, 0.25) is 0 Å². The van der Waals surface area contributed by atoms with Crippen LogP contribution in [0, 0.1) is 15.2 Å². The molecule has 0 aliphatic carbocycles. The van der Waals surface area contributed by atoms with E-state index in [1.807, 2.05) is 13.0 Å². The van der Waals surface area contributed by atoms with E-state index in [-0.39, 0.29) is 34.9 Å². The zero-order valence-corrected chi connectivity index (χ0v) is 21.6. The first-order valence-electron chi connectivity index (χ1n) is 10.7. The second-order valence-electron chi connectivity index (χ2n) is 7.57. The third kappa shape index (κ3) is 6.21. The van der Waals surface area contributed by atoms with Crippen LogP contribution in [0.15, 0.2) is 65.6 Å². The van der Waals surface area contributed by atoms with Crippen LogP contribution in [0.4, 0.5) is 13.6 Å². The molecule has 0 atom stereocenters. The van der Waals surface area contributed by atoms with Crippen LogP contribution < -0.4 is 9.47 Å². The molecule has 0 aromatic heterocycles. The maximum Gasteiger partial charge on any atom is 0.293 e. The number of halogens is 3. The van der Waals surface area contributed by atoms with Crippen molar-refractivity contribution in [3.8, 4) is 11.5 Å². The van der Waals surface area contributed by atoms with Gasteiger partial charge in [0.25, 0.3) is 11.1 Å². The maximum atomic E-state index is 13.2. The lowest BCUT2D eigenvalue weighted by molar-refractivity contribution is -0.123. The van der Waals surface area contributed by atoms with Crippen LogP contribution in [0.25, 0.3) is 6.08 Å². The Hall–Kier alpha value is -2.92. The Bertz CT molecular complexity index is 1280. The topological polar surface area (TPSA) is 55.8 Å². The molecular weight excluding hydrogens is 587 g/mol. The first-order chi connectivity index (χ1) is 16.8. The highest BCUT2D eigenvalue weighted by Crippen LogP contribution is 2.38. The highest BCUT2D eigenvalue weighted by Gasteiger charge is 2.35. The normalized spacial score (nSPS) is 14.6. The Kier molecular flexibility index (Phi) is 8.07. The minimum atomic E-state index is -0.408. The molecule has 0 saturated carbocycles. The van der Waals surface area contributed by atoms with E-state index in [0.29, 0.717) is 29.2 Å². The Labute approximate surface area is 219 Å². The van der Waals surface area contributed by atoms with E-state index in [0.717, 1.165) is 25.8 Å². The van der Waals surface area contributed by atoms with Gasteiger partial charge in [0.15, 0.2) is 11.5 Å². The molecule has 1 saturated heterocycles. The fourth-order valence-corrected chi connectivity index (χ4v) is 4.99. The van der Waals surface area contributed by atoms with Gasteiger partial charge < -0.3 is 9.47 Å². The fraction of sp³-hybridized carbons (Fsp3) is 0.154. The van der Waals surface area contributed by atoms with E-state index in [1.165, 1.54) is 24.3 Å². The highest BCUT2D eigenvalue weighted by molar-refractivity contribution is 14.1. The molecule has 0 N–H and O–H groups in total. The predicted octanol–water partition coefficient (Wildman–Crippen LogP) is 6.78. The second-order valence-corrected chi connectivity index (χ2v) is 9.73. The number of benzene rings is 3. The average molecular weight is 607 g/mol. The molecule has 180 valence electrons. The number of thioether (sulfide) groups is 1. The van der Waals surface area contributed by atoms with E-state index in [2.05, 4.69) is 22.6 Å². The summed E-state index contributed by atoms with van der Waals surface area (Å²) in [4.78, 5) is 26.8. The zero-order valence-electron chi connectivity index (χ0n) is 18.6. The van der Waals surface area contributed by atoms with Crippen LogP contribution >= 0.6 is 34.4 Å². The maximum absolute atomic E-state index is 13.2. The minimum absolute atomic E-state index is 0.0696. The lowest BCUT2D eigenvalue weighted by Gasteiger charge is -2.15.